The molecule has 19 heavy (non-hydrogen) atoms. The van der Waals surface area contributed by atoms with Crippen LogP contribution in [0, 0.1) is 5.82 Å². The number of nitrogens with zero attached hydrogens (tertiary/aromatic N) is 2. The number of hydrogen-bond donors (Lipinski definition) is 1. The first-order valence-electron chi connectivity index (χ1n) is 5.58. The van der Waals surface area contributed by atoms with E-state index in [1.807, 2.05) is 0 Å². The Morgan fingerprint density at radius 1 is 1.37 bits per heavy atom. The van der Waals surface area contributed by atoms with Crippen LogP contribution in [0.25, 0.3) is 0 Å². The van der Waals surface area contributed by atoms with E-state index in [2.05, 4.69) is 25.9 Å². The molecule has 1 aromatic carbocycles. The second-order valence-electron chi connectivity index (χ2n) is 3.94. The largest absolute Gasteiger partial charge is 0.481 e. The second-order valence-corrected chi connectivity index (χ2v) is 4.86. The fraction of sp³-hybridized carbons (Fsp3) is 0.231. The van der Waals surface area contributed by atoms with Crippen molar-refractivity contribution in [1.82, 2.24) is 9.97 Å². The third-order valence-corrected chi connectivity index (χ3v) is 3.13. The summed E-state index contributed by atoms with van der Waals surface area (Å²) in [5.41, 5.74) is 0.811. The average Bonchev–Trinajstić information content (AvgIpc) is 2.43. The summed E-state index contributed by atoms with van der Waals surface area (Å²) in [6.07, 6.45) is 0.515. The molecule has 2 aromatic rings. The molecule has 2 rings (SSSR count). The highest BCUT2D eigenvalue weighted by atomic mass is 79.9. The lowest BCUT2D eigenvalue weighted by atomic mass is 10.1. The van der Waals surface area contributed by atoms with E-state index in [0.29, 0.717) is 17.1 Å². The Morgan fingerprint density at radius 2 is 2.16 bits per heavy atom. The van der Waals surface area contributed by atoms with Crippen molar-refractivity contribution >= 4 is 15.9 Å². The first kappa shape index (κ1) is 13.9. The Labute approximate surface area is 118 Å². The third-order valence-electron chi connectivity index (χ3n) is 2.63. The summed E-state index contributed by atoms with van der Waals surface area (Å²) in [5, 5.41) is 10.1. The first-order chi connectivity index (χ1) is 9.10. The smallest absolute Gasteiger partial charge is 0.216 e. The van der Waals surface area contributed by atoms with Gasteiger partial charge in [0.2, 0.25) is 5.88 Å². The summed E-state index contributed by atoms with van der Waals surface area (Å²) < 4.78 is 19.3. The molecule has 0 fully saturated rings. The predicted molar refractivity (Wildman–Crippen MR) is 71.3 cm³/mol. The van der Waals surface area contributed by atoms with Crippen LogP contribution in [-0.4, -0.2) is 22.2 Å². The van der Waals surface area contributed by atoms with Crippen LogP contribution in [0.3, 0.4) is 0 Å². The van der Waals surface area contributed by atoms with Gasteiger partial charge in [-0.2, -0.15) is 0 Å². The maximum Gasteiger partial charge on any atom is 0.216 e. The van der Waals surface area contributed by atoms with Crippen LogP contribution in [0.2, 0.25) is 0 Å². The third kappa shape index (κ3) is 3.48. The molecule has 0 aliphatic rings. The minimum atomic E-state index is -0.916. The van der Waals surface area contributed by atoms with Crippen LogP contribution >= 0.6 is 15.9 Å². The van der Waals surface area contributed by atoms with Crippen LogP contribution in [0.5, 0.6) is 5.88 Å². The number of hydrogen-bond acceptors (Lipinski definition) is 4. The van der Waals surface area contributed by atoms with Gasteiger partial charge in [0.15, 0.2) is 0 Å². The summed E-state index contributed by atoms with van der Waals surface area (Å²) in [6.45, 7) is 0. The summed E-state index contributed by atoms with van der Waals surface area (Å²) in [4.78, 5) is 7.81. The maximum atomic E-state index is 13.6. The molecule has 0 aliphatic heterocycles. The quantitative estimate of drug-likeness (QED) is 0.938. The Kier molecular flexibility index (Phi) is 4.44. The summed E-state index contributed by atoms with van der Waals surface area (Å²) >= 11 is 3.27. The van der Waals surface area contributed by atoms with E-state index in [-0.39, 0.29) is 12.2 Å². The highest BCUT2D eigenvalue weighted by Crippen LogP contribution is 2.22. The molecule has 1 unspecified atom stereocenters. The Morgan fingerprint density at radius 3 is 2.89 bits per heavy atom. The van der Waals surface area contributed by atoms with Gasteiger partial charge in [-0.3, -0.25) is 0 Å². The number of benzene rings is 1. The normalized spacial score (nSPS) is 12.2. The lowest BCUT2D eigenvalue weighted by molar-refractivity contribution is 0.171. The lowest BCUT2D eigenvalue weighted by Crippen LogP contribution is -2.06. The van der Waals surface area contributed by atoms with Gasteiger partial charge in [-0.15, -0.1) is 0 Å². The average molecular weight is 327 g/mol. The van der Waals surface area contributed by atoms with E-state index < -0.39 is 6.10 Å². The van der Waals surface area contributed by atoms with Gasteiger partial charge in [0.05, 0.1) is 12.8 Å². The van der Waals surface area contributed by atoms with Gasteiger partial charge in [0.25, 0.3) is 0 Å². The number of ether oxygens (including phenoxy) is 1. The molecular weight excluding hydrogens is 315 g/mol. The molecule has 1 heterocycles. The van der Waals surface area contributed by atoms with Crippen LogP contribution in [0.15, 0.2) is 35.1 Å². The molecule has 0 bridgehead atoms. The Balaban J connectivity index is 2.20. The number of aliphatic hydroxyl groups is 1. The van der Waals surface area contributed by atoms with Gasteiger partial charge >= 0.3 is 0 Å². The maximum absolute atomic E-state index is 13.6. The van der Waals surface area contributed by atoms with Gasteiger partial charge in [-0.25, -0.2) is 14.4 Å². The molecular formula is C13H12BrFN2O2. The van der Waals surface area contributed by atoms with Crippen molar-refractivity contribution in [3.8, 4) is 5.88 Å². The monoisotopic (exact) mass is 326 g/mol. The van der Waals surface area contributed by atoms with Crippen LogP contribution in [0.1, 0.15) is 17.4 Å². The van der Waals surface area contributed by atoms with Gasteiger partial charge < -0.3 is 9.84 Å². The number of aliphatic hydroxyl groups excluding tert-OH is 1. The topological polar surface area (TPSA) is 55.2 Å². The number of rotatable bonds is 4. The van der Waals surface area contributed by atoms with Crippen LogP contribution < -0.4 is 4.74 Å². The van der Waals surface area contributed by atoms with Crippen molar-refractivity contribution in [3.63, 3.8) is 0 Å². The van der Waals surface area contributed by atoms with E-state index in [1.165, 1.54) is 25.6 Å². The molecule has 0 saturated carbocycles. The molecule has 0 saturated heterocycles. The van der Waals surface area contributed by atoms with Crippen molar-refractivity contribution in [2.75, 3.05) is 7.11 Å². The minimum absolute atomic E-state index is 0.130. The molecule has 1 aromatic heterocycles. The first-order valence-corrected chi connectivity index (χ1v) is 6.37. The van der Waals surface area contributed by atoms with Gasteiger partial charge in [-0.05, 0) is 23.8 Å². The SMILES string of the molecule is COc1cc(C(O)Cc2cc(Br)ccc2F)ncn1. The number of halogens is 2. The summed E-state index contributed by atoms with van der Waals surface area (Å²) in [6, 6.07) is 6.13. The minimum Gasteiger partial charge on any atom is -0.481 e. The summed E-state index contributed by atoms with van der Waals surface area (Å²) in [5.74, 6) is 0.00188. The Bertz CT molecular complexity index is 580. The molecule has 0 spiro atoms. The van der Waals surface area contributed by atoms with E-state index in [1.54, 1.807) is 12.1 Å². The fourth-order valence-corrected chi connectivity index (χ4v) is 2.07. The zero-order valence-electron chi connectivity index (χ0n) is 10.2. The molecule has 100 valence electrons. The van der Waals surface area contributed by atoms with E-state index in [4.69, 9.17) is 4.74 Å². The van der Waals surface area contributed by atoms with Crippen molar-refractivity contribution < 1.29 is 14.2 Å². The van der Waals surface area contributed by atoms with Gasteiger partial charge in [-0.1, -0.05) is 15.9 Å². The zero-order chi connectivity index (χ0) is 13.8. The van der Waals surface area contributed by atoms with Crippen molar-refractivity contribution in [1.29, 1.82) is 0 Å². The zero-order valence-corrected chi connectivity index (χ0v) is 11.8. The fourth-order valence-electron chi connectivity index (χ4n) is 1.66. The molecule has 1 N–H and O–H groups in total. The Hall–Kier alpha value is -1.53. The number of aromatic nitrogens is 2. The molecule has 0 aliphatic carbocycles. The van der Waals surface area contributed by atoms with Crippen molar-refractivity contribution in [2.45, 2.75) is 12.5 Å². The van der Waals surface area contributed by atoms with E-state index in [0.717, 1.165) is 4.47 Å². The second kappa shape index (κ2) is 6.08. The predicted octanol–water partition coefficient (Wildman–Crippen LogP) is 2.66. The van der Waals surface area contributed by atoms with E-state index >= 15 is 0 Å². The highest BCUT2D eigenvalue weighted by molar-refractivity contribution is 9.10. The molecule has 0 amide bonds. The lowest BCUT2D eigenvalue weighted by Gasteiger charge is -2.11. The van der Waals surface area contributed by atoms with Crippen molar-refractivity contribution in [2.24, 2.45) is 0 Å². The van der Waals surface area contributed by atoms with Gasteiger partial charge in [0.1, 0.15) is 18.2 Å². The number of methoxy groups -OCH3 is 1. The van der Waals surface area contributed by atoms with Gasteiger partial charge in [0, 0.05) is 17.0 Å². The van der Waals surface area contributed by atoms with E-state index in [9.17, 15) is 9.50 Å². The molecule has 4 nitrogen and oxygen atoms in total. The van der Waals surface area contributed by atoms with Crippen LogP contribution in [0.4, 0.5) is 4.39 Å². The van der Waals surface area contributed by atoms with Crippen LogP contribution in [-0.2, 0) is 6.42 Å². The molecule has 0 radical (unpaired) electrons. The molecule has 6 heteroatoms. The standard InChI is InChI=1S/C13H12BrFN2O2/c1-19-13-6-11(16-7-17-13)12(18)5-8-4-9(14)2-3-10(8)15/h2-4,6-7,12,18H,5H2,1H3. The highest BCUT2D eigenvalue weighted by Gasteiger charge is 2.14. The van der Waals surface area contributed by atoms with Crippen molar-refractivity contribution in [3.05, 3.63) is 52.1 Å². The summed E-state index contributed by atoms with van der Waals surface area (Å²) in [7, 11) is 1.48. The molecule has 1 atom stereocenters.